The lowest BCUT2D eigenvalue weighted by atomic mass is 10.2. The molecule has 0 aliphatic carbocycles. The van der Waals surface area contributed by atoms with E-state index in [0.717, 1.165) is 0 Å². The number of nitrogens with zero attached hydrogens (tertiary/aromatic N) is 1. The van der Waals surface area contributed by atoms with Crippen LogP contribution in [-0.4, -0.2) is 17.9 Å². The number of hydrogen-bond donors (Lipinski definition) is 0. The van der Waals surface area contributed by atoms with Crippen LogP contribution in [0.1, 0.15) is 16.1 Å². The van der Waals surface area contributed by atoms with Crippen LogP contribution < -0.4 is 4.74 Å². The summed E-state index contributed by atoms with van der Waals surface area (Å²) in [6.45, 7) is 0. The molecule has 0 atom stereocenters. The molecule has 2 aromatic rings. The smallest absolute Gasteiger partial charge is 0.273 e. The van der Waals surface area contributed by atoms with E-state index in [4.69, 9.17) is 4.74 Å². The van der Waals surface area contributed by atoms with E-state index in [1.807, 2.05) is 10.8 Å². The Balaban J connectivity index is 2.28. The monoisotopic (exact) mass is 225 g/mol. The van der Waals surface area contributed by atoms with E-state index in [1.165, 1.54) is 29.8 Å². The van der Waals surface area contributed by atoms with E-state index < -0.39 is 0 Å². The van der Waals surface area contributed by atoms with Crippen LogP contribution in [-0.2, 0) is 0 Å². The van der Waals surface area contributed by atoms with Crippen LogP contribution in [0.3, 0.4) is 0 Å². The summed E-state index contributed by atoms with van der Waals surface area (Å²) in [5, 5.41) is 5.91. The molecule has 0 saturated heterocycles. The van der Waals surface area contributed by atoms with Crippen molar-refractivity contribution in [3.8, 4) is 5.19 Å². The molecule has 0 N–H and O–H groups in total. The van der Waals surface area contributed by atoms with Crippen molar-refractivity contribution >= 4 is 28.5 Å². The highest BCUT2D eigenvalue weighted by molar-refractivity contribution is 7.11. The third-order valence-corrected chi connectivity index (χ3v) is 3.16. The van der Waals surface area contributed by atoms with Gasteiger partial charge in [-0.2, -0.15) is 16.3 Å². The van der Waals surface area contributed by atoms with Crippen molar-refractivity contribution in [2.75, 3.05) is 7.11 Å². The van der Waals surface area contributed by atoms with Gasteiger partial charge in [-0.3, -0.25) is 4.79 Å². The molecule has 0 radical (unpaired) electrons. The molecule has 72 valence electrons. The number of methoxy groups -OCH3 is 1. The first-order valence-electron chi connectivity index (χ1n) is 3.87. The van der Waals surface area contributed by atoms with E-state index in [2.05, 4.69) is 4.98 Å². The van der Waals surface area contributed by atoms with Crippen molar-refractivity contribution in [1.29, 1.82) is 0 Å². The van der Waals surface area contributed by atoms with Gasteiger partial charge in [-0.05, 0) is 11.4 Å². The molecule has 0 aromatic carbocycles. The molecule has 0 aliphatic rings. The number of ketones is 1. The molecular formula is C9H7NO2S2. The Morgan fingerprint density at radius 1 is 1.50 bits per heavy atom. The van der Waals surface area contributed by atoms with E-state index in [1.54, 1.807) is 11.4 Å². The normalized spacial score (nSPS) is 10.1. The SMILES string of the molecule is COc1nc(C(=O)c2ccsc2)cs1. The lowest BCUT2D eigenvalue weighted by Crippen LogP contribution is -1.99. The van der Waals surface area contributed by atoms with Crippen LogP contribution in [0.5, 0.6) is 5.19 Å². The van der Waals surface area contributed by atoms with Gasteiger partial charge in [-0.15, -0.1) is 0 Å². The van der Waals surface area contributed by atoms with Crippen molar-refractivity contribution in [3.63, 3.8) is 0 Å². The van der Waals surface area contributed by atoms with Crippen LogP contribution in [0.15, 0.2) is 22.2 Å². The highest BCUT2D eigenvalue weighted by atomic mass is 32.1. The van der Waals surface area contributed by atoms with E-state index in [9.17, 15) is 4.79 Å². The molecule has 0 fully saturated rings. The highest BCUT2D eigenvalue weighted by Gasteiger charge is 2.13. The van der Waals surface area contributed by atoms with Crippen molar-refractivity contribution < 1.29 is 9.53 Å². The van der Waals surface area contributed by atoms with Gasteiger partial charge in [-0.25, -0.2) is 0 Å². The third-order valence-electron chi connectivity index (χ3n) is 1.67. The van der Waals surface area contributed by atoms with Crippen LogP contribution in [0, 0.1) is 0 Å². The standard InChI is InChI=1S/C9H7NO2S2/c1-12-9-10-7(5-14-9)8(11)6-2-3-13-4-6/h2-5H,1H3. The molecule has 2 aromatic heterocycles. The molecule has 14 heavy (non-hydrogen) atoms. The molecule has 0 unspecified atom stereocenters. The largest absolute Gasteiger partial charge is 0.473 e. The van der Waals surface area contributed by atoms with E-state index in [0.29, 0.717) is 16.5 Å². The minimum atomic E-state index is -0.0502. The number of ether oxygens (including phenoxy) is 1. The molecule has 0 amide bonds. The summed E-state index contributed by atoms with van der Waals surface area (Å²) in [4.78, 5) is 15.8. The fourth-order valence-electron chi connectivity index (χ4n) is 0.997. The fraction of sp³-hybridized carbons (Fsp3) is 0.111. The summed E-state index contributed by atoms with van der Waals surface area (Å²) >= 11 is 2.82. The second-order valence-electron chi connectivity index (χ2n) is 2.54. The van der Waals surface area contributed by atoms with Gasteiger partial charge in [-0.1, -0.05) is 11.3 Å². The second-order valence-corrected chi connectivity index (χ2v) is 4.14. The molecule has 0 saturated carbocycles. The number of carbonyl (C=O) groups excluding carboxylic acids is 1. The molecular weight excluding hydrogens is 218 g/mol. The number of hydrogen-bond acceptors (Lipinski definition) is 5. The lowest BCUT2D eigenvalue weighted by Gasteiger charge is -1.91. The molecule has 2 rings (SSSR count). The Morgan fingerprint density at radius 2 is 2.36 bits per heavy atom. The van der Waals surface area contributed by atoms with Crippen LogP contribution >= 0.6 is 22.7 Å². The Kier molecular flexibility index (Phi) is 2.60. The van der Waals surface area contributed by atoms with Gasteiger partial charge < -0.3 is 4.74 Å². The van der Waals surface area contributed by atoms with E-state index >= 15 is 0 Å². The van der Waals surface area contributed by atoms with Crippen LogP contribution in [0.2, 0.25) is 0 Å². The zero-order chi connectivity index (χ0) is 9.97. The Bertz CT molecular complexity index is 433. The summed E-state index contributed by atoms with van der Waals surface area (Å²) in [7, 11) is 1.54. The number of carbonyl (C=O) groups is 1. The number of thiazole rings is 1. The van der Waals surface area contributed by atoms with Gasteiger partial charge in [0.25, 0.3) is 5.19 Å². The topological polar surface area (TPSA) is 39.2 Å². The predicted molar refractivity (Wildman–Crippen MR) is 56.4 cm³/mol. The Labute approximate surface area is 89.0 Å². The van der Waals surface area contributed by atoms with Gasteiger partial charge in [0.15, 0.2) is 0 Å². The first-order valence-corrected chi connectivity index (χ1v) is 5.70. The minimum Gasteiger partial charge on any atom is -0.473 e. The summed E-state index contributed by atoms with van der Waals surface area (Å²) in [5.74, 6) is -0.0502. The Hall–Kier alpha value is -1.20. The maximum atomic E-state index is 11.7. The van der Waals surface area contributed by atoms with Gasteiger partial charge >= 0.3 is 0 Å². The van der Waals surface area contributed by atoms with Crippen molar-refractivity contribution in [2.24, 2.45) is 0 Å². The highest BCUT2D eigenvalue weighted by Crippen LogP contribution is 2.20. The molecule has 0 aliphatic heterocycles. The van der Waals surface area contributed by atoms with Crippen LogP contribution in [0.25, 0.3) is 0 Å². The van der Waals surface area contributed by atoms with Gasteiger partial charge in [0, 0.05) is 16.3 Å². The first kappa shape index (κ1) is 9.36. The molecule has 2 heterocycles. The molecule has 0 spiro atoms. The summed E-state index contributed by atoms with van der Waals surface area (Å²) in [6.07, 6.45) is 0. The second kappa shape index (κ2) is 3.89. The minimum absolute atomic E-state index is 0.0502. The summed E-state index contributed by atoms with van der Waals surface area (Å²) in [5.41, 5.74) is 1.13. The summed E-state index contributed by atoms with van der Waals surface area (Å²) in [6, 6.07) is 1.79. The zero-order valence-electron chi connectivity index (χ0n) is 7.39. The maximum absolute atomic E-state index is 11.7. The molecule has 5 heteroatoms. The molecule has 3 nitrogen and oxygen atoms in total. The zero-order valence-corrected chi connectivity index (χ0v) is 9.02. The number of rotatable bonds is 3. The number of aromatic nitrogens is 1. The average molecular weight is 225 g/mol. The summed E-state index contributed by atoms with van der Waals surface area (Å²) < 4.78 is 4.92. The van der Waals surface area contributed by atoms with Crippen LogP contribution in [0.4, 0.5) is 0 Å². The maximum Gasteiger partial charge on any atom is 0.273 e. The Morgan fingerprint density at radius 3 is 2.93 bits per heavy atom. The molecule has 0 bridgehead atoms. The van der Waals surface area contributed by atoms with Crippen molar-refractivity contribution in [2.45, 2.75) is 0 Å². The van der Waals surface area contributed by atoms with Gasteiger partial charge in [0.1, 0.15) is 5.69 Å². The van der Waals surface area contributed by atoms with Gasteiger partial charge in [0.2, 0.25) is 5.78 Å². The number of thiophene rings is 1. The lowest BCUT2D eigenvalue weighted by molar-refractivity contribution is 0.103. The van der Waals surface area contributed by atoms with Crippen molar-refractivity contribution in [3.05, 3.63) is 33.5 Å². The van der Waals surface area contributed by atoms with Gasteiger partial charge in [0.05, 0.1) is 7.11 Å². The third kappa shape index (κ3) is 1.69. The average Bonchev–Trinajstić information content (AvgIpc) is 2.88. The van der Waals surface area contributed by atoms with Crippen molar-refractivity contribution in [1.82, 2.24) is 4.98 Å². The first-order chi connectivity index (χ1) is 6.81. The van der Waals surface area contributed by atoms with E-state index in [-0.39, 0.29) is 5.78 Å². The fourth-order valence-corrected chi connectivity index (χ4v) is 2.25. The predicted octanol–water partition coefficient (Wildman–Crippen LogP) is 2.44. The quantitative estimate of drug-likeness (QED) is 0.753.